The smallest absolute Gasteiger partial charge is 0.188 e. The first-order valence-corrected chi connectivity index (χ1v) is 10.8. The van der Waals surface area contributed by atoms with Crippen molar-refractivity contribution in [3.63, 3.8) is 0 Å². The molecule has 0 fully saturated rings. The van der Waals surface area contributed by atoms with Crippen LogP contribution in [0, 0.1) is 0 Å². The standard InChI is InChI=1S/C19H39NO2S/c1-2-3-4-5-6-7-8-9-13-18-23-19(22)14-11-10-12-15-20-16-17-21/h20-21H,2-18H2,1H3. The van der Waals surface area contributed by atoms with Crippen LogP contribution in [0.3, 0.4) is 0 Å². The van der Waals surface area contributed by atoms with Crippen molar-refractivity contribution in [2.24, 2.45) is 0 Å². The zero-order valence-corrected chi connectivity index (χ0v) is 16.1. The molecule has 0 amide bonds. The Kier molecular flexibility index (Phi) is 19.9. The molecular weight excluding hydrogens is 306 g/mol. The number of hydrogen-bond donors (Lipinski definition) is 2. The molecule has 0 unspecified atom stereocenters. The molecule has 0 aromatic heterocycles. The Morgan fingerprint density at radius 2 is 1.43 bits per heavy atom. The number of rotatable bonds is 18. The highest BCUT2D eigenvalue weighted by atomic mass is 32.2. The zero-order chi connectivity index (χ0) is 17.0. The van der Waals surface area contributed by atoms with Gasteiger partial charge in [0.2, 0.25) is 0 Å². The van der Waals surface area contributed by atoms with Gasteiger partial charge in [0.05, 0.1) is 6.61 Å². The molecule has 0 atom stereocenters. The summed E-state index contributed by atoms with van der Waals surface area (Å²) in [6.07, 6.45) is 16.0. The maximum Gasteiger partial charge on any atom is 0.188 e. The summed E-state index contributed by atoms with van der Waals surface area (Å²) >= 11 is 1.54. The predicted molar refractivity (Wildman–Crippen MR) is 103 cm³/mol. The first-order valence-electron chi connectivity index (χ1n) is 9.78. The Labute approximate surface area is 148 Å². The number of aliphatic hydroxyl groups is 1. The molecule has 0 bridgehead atoms. The number of hydrogen-bond acceptors (Lipinski definition) is 4. The van der Waals surface area contributed by atoms with E-state index in [0.29, 0.717) is 11.7 Å². The minimum atomic E-state index is 0.202. The molecule has 3 nitrogen and oxygen atoms in total. The van der Waals surface area contributed by atoms with Gasteiger partial charge < -0.3 is 10.4 Å². The molecule has 0 aromatic carbocycles. The van der Waals surface area contributed by atoms with E-state index in [0.717, 1.165) is 38.0 Å². The fourth-order valence-electron chi connectivity index (χ4n) is 2.57. The van der Waals surface area contributed by atoms with E-state index < -0.39 is 0 Å². The molecule has 0 saturated heterocycles. The van der Waals surface area contributed by atoms with Crippen molar-refractivity contribution in [1.82, 2.24) is 5.32 Å². The number of aliphatic hydroxyl groups excluding tert-OH is 1. The second kappa shape index (κ2) is 20.0. The van der Waals surface area contributed by atoms with Gasteiger partial charge in [-0.3, -0.25) is 4.79 Å². The van der Waals surface area contributed by atoms with Crippen molar-refractivity contribution in [2.45, 2.75) is 90.4 Å². The summed E-state index contributed by atoms with van der Waals surface area (Å²) in [6, 6.07) is 0. The summed E-state index contributed by atoms with van der Waals surface area (Å²) < 4.78 is 0. The molecule has 2 N–H and O–H groups in total. The third kappa shape index (κ3) is 19.9. The van der Waals surface area contributed by atoms with E-state index in [-0.39, 0.29) is 6.61 Å². The van der Waals surface area contributed by atoms with Gasteiger partial charge in [-0.2, -0.15) is 0 Å². The lowest BCUT2D eigenvalue weighted by molar-refractivity contribution is -0.111. The Morgan fingerprint density at radius 3 is 2.09 bits per heavy atom. The molecule has 0 radical (unpaired) electrons. The highest BCUT2D eigenvalue weighted by molar-refractivity contribution is 8.13. The largest absolute Gasteiger partial charge is 0.395 e. The Bertz CT molecular complexity index is 250. The van der Waals surface area contributed by atoms with E-state index in [1.807, 2.05) is 0 Å². The predicted octanol–water partition coefficient (Wildman–Crippen LogP) is 4.92. The van der Waals surface area contributed by atoms with E-state index in [4.69, 9.17) is 5.11 Å². The highest BCUT2D eigenvalue weighted by Gasteiger charge is 2.02. The Morgan fingerprint density at radius 1 is 0.826 bits per heavy atom. The summed E-state index contributed by atoms with van der Waals surface area (Å²) in [5, 5.41) is 12.2. The first-order chi connectivity index (χ1) is 11.3. The molecule has 0 aliphatic heterocycles. The van der Waals surface area contributed by atoms with Crippen LogP contribution in [-0.4, -0.2) is 35.7 Å². The summed E-state index contributed by atoms with van der Waals surface area (Å²) in [4.78, 5) is 11.7. The lowest BCUT2D eigenvalue weighted by Crippen LogP contribution is -2.19. The van der Waals surface area contributed by atoms with Gasteiger partial charge in [-0.15, -0.1) is 0 Å². The normalized spacial score (nSPS) is 11.0. The van der Waals surface area contributed by atoms with Crippen molar-refractivity contribution in [3.8, 4) is 0 Å². The Hall–Kier alpha value is -0.0600. The topological polar surface area (TPSA) is 49.3 Å². The summed E-state index contributed by atoms with van der Waals surface area (Å²) in [7, 11) is 0. The number of carbonyl (C=O) groups excluding carboxylic acids is 1. The van der Waals surface area contributed by atoms with Crippen molar-refractivity contribution in [2.75, 3.05) is 25.4 Å². The molecule has 0 saturated carbocycles. The van der Waals surface area contributed by atoms with Crippen LogP contribution in [0.5, 0.6) is 0 Å². The molecule has 0 aliphatic rings. The molecule has 0 aromatic rings. The molecule has 0 spiro atoms. The van der Waals surface area contributed by atoms with Gasteiger partial charge in [0.15, 0.2) is 5.12 Å². The van der Waals surface area contributed by atoms with Gasteiger partial charge >= 0.3 is 0 Å². The molecule has 4 heteroatoms. The maximum atomic E-state index is 11.7. The van der Waals surface area contributed by atoms with Gasteiger partial charge in [0, 0.05) is 18.7 Å². The van der Waals surface area contributed by atoms with Crippen LogP contribution in [0.25, 0.3) is 0 Å². The minimum absolute atomic E-state index is 0.202. The molecular formula is C19H39NO2S. The average Bonchev–Trinajstić information content (AvgIpc) is 2.55. The zero-order valence-electron chi connectivity index (χ0n) is 15.3. The van der Waals surface area contributed by atoms with Crippen molar-refractivity contribution < 1.29 is 9.90 Å². The number of carbonyl (C=O) groups is 1. The van der Waals surface area contributed by atoms with E-state index in [9.17, 15) is 4.79 Å². The van der Waals surface area contributed by atoms with Crippen LogP contribution in [0.2, 0.25) is 0 Å². The van der Waals surface area contributed by atoms with Crippen LogP contribution in [0.1, 0.15) is 90.4 Å². The highest BCUT2D eigenvalue weighted by Crippen LogP contribution is 2.14. The number of nitrogens with one attached hydrogen (secondary N) is 1. The van der Waals surface area contributed by atoms with E-state index in [1.165, 1.54) is 69.5 Å². The molecule has 138 valence electrons. The molecule has 0 rings (SSSR count). The summed E-state index contributed by atoms with van der Waals surface area (Å²) in [6.45, 7) is 4.08. The number of thioether (sulfide) groups is 1. The summed E-state index contributed by atoms with van der Waals surface area (Å²) in [5.41, 5.74) is 0. The number of unbranched alkanes of at least 4 members (excludes halogenated alkanes) is 10. The third-order valence-corrected chi connectivity index (χ3v) is 5.05. The molecule has 23 heavy (non-hydrogen) atoms. The van der Waals surface area contributed by atoms with Crippen LogP contribution in [-0.2, 0) is 4.79 Å². The van der Waals surface area contributed by atoms with Gasteiger partial charge in [-0.1, -0.05) is 76.5 Å². The lowest BCUT2D eigenvalue weighted by atomic mass is 10.1. The third-order valence-electron chi connectivity index (χ3n) is 4.03. The SMILES string of the molecule is CCCCCCCCCCCSC(=O)CCCCCNCCO. The summed E-state index contributed by atoms with van der Waals surface area (Å²) in [5.74, 6) is 1.01. The fourth-order valence-corrected chi connectivity index (χ4v) is 3.44. The van der Waals surface area contributed by atoms with Crippen molar-refractivity contribution in [3.05, 3.63) is 0 Å². The van der Waals surface area contributed by atoms with Gasteiger partial charge in [0.1, 0.15) is 0 Å². The van der Waals surface area contributed by atoms with Gasteiger partial charge in [-0.25, -0.2) is 0 Å². The van der Waals surface area contributed by atoms with Crippen LogP contribution < -0.4 is 5.32 Å². The van der Waals surface area contributed by atoms with Crippen molar-refractivity contribution in [1.29, 1.82) is 0 Å². The van der Waals surface area contributed by atoms with Gasteiger partial charge in [0.25, 0.3) is 0 Å². The average molecular weight is 346 g/mol. The first kappa shape index (κ1) is 22.9. The second-order valence-electron chi connectivity index (χ2n) is 6.33. The molecule has 0 heterocycles. The van der Waals surface area contributed by atoms with E-state index in [2.05, 4.69) is 12.2 Å². The molecule has 0 aliphatic carbocycles. The quantitative estimate of drug-likeness (QED) is 0.346. The lowest BCUT2D eigenvalue weighted by Gasteiger charge is -2.04. The van der Waals surface area contributed by atoms with E-state index >= 15 is 0 Å². The van der Waals surface area contributed by atoms with Crippen molar-refractivity contribution >= 4 is 16.9 Å². The Balaban J connectivity index is 3.13. The fraction of sp³-hybridized carbons (Fsp3) is 0.947. The van der Waals surface area contributed by atoms with Gasteiger partial charge in [-0.05, 0) is 25.8 Å². The van der Waals surface area contributed by atoms with E-state index in [1.54, 1.807) is 0 Å². The maximum absolute atomic E-state index is 11.7. The minimum Gasteiger partial charge on any atom is -0.395 e. The second-order valence-corrected chi connectivity index (χ2v) is 7.49. The van der Waals surface area contributed by atoms with Crippen LogP contribution in [0.4, 0.5) is 0 Å². The van der Waals surface area contributed by atoms with Crippen LogP contribution in [0.15, 0.2) is 0 Å². The van der Waals surface area contributed by atoms with Crippen LogP contribution >= 0.6 is 11.8 Å². The monoisotopic (exact) mass is 345 g/mol.